The Bertz CT molecular complexity index is 566. The highest BCUT2D eigenvalue weighted by Gasteiger charge is 2.29. The van der Waals surface area contributed by atoms with Crippen LogP contribution < -0.4 is 0 Å². The molecule has 0 radical (unpaired) electrons. The van der Waals surface area contributed by atoms with Crippen LogP contribution in [0.1, 0.15) is 44.3 Å². The van der Waals surface area contributed by atoms with Gasteiger partial charge in [-0.2, -0.15) is 0 Å². The summed E-state index contributed by atoms with van der Waals surface area (Å²) in [6, 6.07) is 10.2. The molecule has 3 rings (SSSR count). The van der Waals surface area contributed by atoms with Crippen LogP contribution in [0.2, 0.25) is 0 Å². The molecule has 19 heavy (non-hydrogen) atoms. The summed E-state index contributed by atoms with van der Waals surface area (Å²) in [5.41, 5.74) is 1.97. The summed E-state index contributed by atoms with van der Waals surface area (Å²) in [6.45, 7) is 2.25. The lowest BCUT2D eigenvalue weighted by Gasteiger charge is -2.18. The molecule has 1 fully saturated rings. The molecular formula is C17H21NO. The maximum atomic E-state index is 10.6. The molecular weight excluding hydrogens is 234 g/mol. The van der Waals surface area contributed by atoms with Crippen molar-refractivity contribution < 1.29 is 5.11 Å². The van der Waals surface area contributed by atoms with Gasteiger partial charge in [0.25, 0.3) is 0 Å². The Morgan fingerprint density at radius 2 is 2.16 bits per heavy atom. The van der Waals surface area contributed by atoms with Crippen molar-refractivity contribution in [3.8, 4) is 0 Å². The van der Waals surface area contributed by atoms with E-state index in [1.165, 1.54) is 12.8 Å². The molecule has 0 aliphatic heterocycles. The summed E-state index contributed by atoms with van der Waals surface area (Å²) >= 11 is 0. The monoisotopic (exact) mass is 255 g/mol. The third-order valence-corrected chi connectivity index (χ3v) is 4.56. The van der Waals surface area contributed by atoms with E-state index in [0.717, 1.165) is 35.2 Å². The first kappa shape index (κ1) is 12.6. The highest BCUT2D eigenvalue weighted by molar-refractivity contribution is 5.78. The van der Waals surface area contributed by atoms with Crippen LogP contribution in [0.3, 0.4) is 0 Å². The second-order valence-electron chi connectivity index (χ2n) is 5.75. The van der Waals surface area contributed by atoms with E-state index < -0.39 is 0 Å². The molecule has 1 heterocycles. The van der Waals surface area contributed by atoms with Crippen LogP contribution in [0.15, 0.2) is 36.5 Å². The normalized spacial score (nSPS) is 24.7. The summed E-state index contributed by atoms with van der Waals surface area (Å²) in [5.74, 6) is 1.21. The van der Waals surface area contributed by atoms with E-state index in [-0.39, 0.29) is 6.10 Å². The molecule has 3 atom stereocenters. The Morgan fingerprint density at radius 1 is 1.32 bits per heavy atom. The third kappa shape index (κ3) is 2.50. The Hall–Kier alpha value is -1.41. The molecule has 3 unspecified atom stereocenters. The first-order valence-electron chi connectivity index (χ1n) is 7.30. The number of hydrogen-bond donors (Lipinski definition) is 1. The lowest BCUT2D eigenvalue weighted by atomic mass is 9.93. The van der Waals surface area contributed by atoms with Gasteiger partial charge in [-0.25, -0.2) is 0 Å². The van der Waals surface area contributed by atoms with E-state index in [1.54, 1.807) is 0 Å². The Morgan fingerprint density at radius 3 is 2.95 bits per heavy atom. The van der Waals surface area contributed by atoms with Gasteiger partial charge in [0.15, 0.2) is 0 Å². The molecule has 1 aromatic heterocycles. The van der Waals surface area contributed by atoms with Crippen molar-refractivity contribution >= 4 is 10.9 Å². The number of aromatic nitrogens is 1. The van der Waals surface area contributed by atoms with E-state index in [4.69, 9.17) is 0 Å². The van der Waals surface area contributed by atoms with Crippen LogP contribution in [0, 0.1) is 11.8 Å². The zero-order valence-corrected chi connectivity index (χ0v) is 11.4. The highest BCUT2D eigenvalue weighted by atomic mass is 16.3. The van der Waals surface area contributed by atoms with Gasteiger partial charge in [0.1, 0.15) is 0 Å². The molecule has 0 bridgehead atoms. The fraction of sp³-hybridized carbons (Fsp3) is 0.471. The first-order chi connectivity index (χ1) is 9.28. The predicted molar refractivity (Wildman–Crippen MR) is 77.8 cm³/mol. The Balaban J connectivity index is 1.83. The predicted octanol–water partition coefficient (Wildman–Crippen LogP) is 4.09. The zero-order chi connectivity index (χ0) is 13.2. The van der Waals surface area contributed by atoms with Crippen LogP contribution in [-0.2, 0) is 0 Å². The Kier molecular flexibility index (Phi) is 3.52. The van der Waals surface area contributed by atoms with E-state index >= 15 is 0 Å². The number of aliphatic hydroxyl groups excluding tert-OH is 1. The van der Waals surface area contributed by atoms with E-state index in [2.05, 4.69) is 24.0 Å². The van der Waals surface area contributed by atoms with Crippen molar-refractivity contribution in [2.45, 2.75) is 38.7 Å². The van der Waals surface area contributed by atoms with Gasteiger partial charge in [0.2, 0.25) is 0 Å². The lowest BCUT2D eigenvalue weighted by molar-refractivity contribution is 0.109. The molecule has 1 aliphatic rings. The largest absolute Gasteiger partial charge is 0.388 e. The summed E-state index contributed by atoms with van der Waals surface area (Å²) in [7, 11) is 0. The van der Waals surface area contributed by atoms with Gasteiger partial charge in [-0.1, -0.05) is 38.0 Å². The van der Waals surface area contributed by atoms with Gasteiger partial charge in [-0.3, -0.25) is 4.98 Å². The van der Waals surface area contributed by atoms with Crippen LogP contribution in [-0.4, -0.2) is 10.1 Å². The minimum Gasteiger partial charge on any atom is -0.388 e. The maximum absolute atomic E-state index is 10.6. The highest BCUT2D eigenvalue weighted by Crippen LogP contribution is 2.40. The van der Waals surface area contributed by atoms with E-state index in [0.29, 0.717) is 5.92 Å². The molecule has 2 aromatic rings. The molecule has 1 aromatic carbocycles. The van der Waals surface area contributed by atoms with Gasteiger partial charge < -0.3 is 5.11 Å². The van der Waals surface area contributed by atoms with Gasteiger partial charge in [-0.05, 0) is 42.4 Å². The SMILES string of the molecule is CCC1CCC(C(O)c2cnc3ccccc3c2)C1. The van der Waals surface area contributed by atoms with E-state index in [1.807, 2.05) is 24.4 Å². The molecule has 1 saturated carbocycles. The molecule has 2 heteroatoms. The van der Waals surface area contributed by atoms with Gasteiger partial charge in [-0.15, -0.1) is 0 Å². The van der Waals surface area contributed by atoms with Gasteiger partial charge in [0, 0.05) is 11.6 Å². The van der Waals surface area contributed by atoms with Crippen molar-refractivity contribution in [1.82, 2.24) is 4.98 Å². The molecule has 2 nitrogen and oxygen atoms in total. The number of benzene rings is 1. The van der Waals surface area contributed by atoms with Crippen molar-refractivity contribution in [3.63, 3.8) is 0 Å². The first-order valence-corrected chi connectivity index (χ1v) is 7.30. The molecule has 0 saturated heterocycles. The number of hydrogen-bond acceptors (Lipinski definition) is 2. The number of para-hydroxylation sites is 1. The van der Waals surface area contributed by atoms with Crippen molar-refractivity contribution in [3.05, 3.63) is 42.1 Å². The fourth-order valence-electron chi connectivity index (χ4n) is 3.29. The smallest absolute Gasteiger partial charge is 0.0833 e. The topological polar surface area (TPSA) is 33.1 Å². The number of fused-ring (bicyclic) bond motifs is 1. The third-order valence-electron chi connectivity index (χ3n) is 4.56. The summed E-state index contributed by atoms with van der Waals surface area (Å²) < 4.78 is 0. The summed E-state index contributed by atoms with van der Waals surface area (Å²) in [5, 5.41) is 11.7. The summed E-state index contributed by atoms with van der Waals surface area (Å²) in [4.78, 5) is 4.45. The van der Waals surface area contributed by atoms with Crippen LogP contribution in [0.5, 0.6) is 0 Å². The van der Waals surface area contributed by atoms with Crippen LogP contribution >= 0.6 is 0 Å². The van der Waals surface area contributed by atoms with Crippen molar-refractivity contribution in [1.29, 1.82) is 0 Å². The van der Waals surface area contributed by atoms with E-state index in [9.17, 15) is 5.11 Å². The fourth-order valence-corrected chi connectivity index (χ4v) is 3.29. The molecule has 100 valence electrons. The molecule has 0 spiro atoms. The molecule has 1 N–H and O–H groups in total. The minimum absolute atomic E-state index is 0.353. The number of rotatable bonds is 3. The average molecular weight is 255 g/mol. The number of pyridine rings is 1. The zero-order valence-electron chi connectivity index (χ0n) is 11.4. The minimum atomic E-state index is -0.353. The van der Waals surface area contributed by atoms with Gasteiger partial charge >= 0.3 is 0 Å². The quantitative estimate of drug-likeness (QED) is 0.896. The number of aliphatic hydroxyl groups is 1. The standard InChI is InChI=1S/C17H21NO/c1-2-12-7-8-14(9-12)17(19)15-10-13-5-3-4-6-16(13)18-11-15/h3-6,10-12,14,17,19H,2,7-9H2,1H3. The molecule has 0 amide bonds. The second kappa shape index (κ2) is 5.30. The van der Waals surface area contributed by atoms with Gasteiger partial charge in [0.05, 0.1) is 11.6 Å². The van der Waals surface area contributed by atoms with Crippen LogP contribution in [0.4, 0.5) is 0 Å². The number of nitrogens with zero attached hydrogens (tertiary/aromatic N) is 1. The van der Waals surface area contributed by atoms with Crippen molar-refractivity contribution in [2.75, 3.05) is 0 Å². The van der Waals surface area contributed by atoms with Crippen molar-refractivity contribution in [2.24, 2.45) is 11.8 Å². The summed E-state index contributed by atoms with van der Waals surface area (Å²) in [6.07, 6.45) is 6.29. The Labute approximate surface area is 114 Å². The second-order valence-corrected chi connectivity index (χ2v) is 5.75. The lowest BCUT2D eigenvalue weighted by Crippen LogP contribution is -2.10. The average Bonchev–Trinajstić information content (AvgIpc) is 2.95. The maximum Gasteiger partial charge on any atom is 0.0833 e. The molecule has 1 aliphatic carbocycles. The van der Waals surface area contributed by atoms with Crippen LogP contribution in [0.25, 0.3) is 10.9 Å².